The normalized spacial score (nSPS) is 10.3. The van der Waals surface area contributed by atoms with Gasteiger partial charge in [0.1, 0.15) is 0 Å². The summed E-state index contributed by atoms with van der Waals surface area (Å²) >= 11 is 4.69. The summed E-state index contributed by atoms with van der Waals surface area (Å²) in [5.74, 6) is -0.293. The van der Waals surface area contributed by atoms with Crippen LogP contribution in [0.5, 0.6) is 0 Å². The smallest absolute Gasteiger partial charge is 0.269 e. The molecule has 0 aliphatic rings. The first-order valence-corrected chi connectivity index (χ1v) is 10.5. The molecule has 152 valence electrons. The number of carbonyl (C=O) groups excluding carboxylic acids is 2. The molecule has 3 aromatic rings. The highest BCUT2D eigenvalue weighted by atomic mass is 79.9. The molecule has 0 aromatic heterocycles. The molecule has 30 heavy (non-hydrogen) atoms. The minimum Gasteiger partial charge on any atom is -0.325 e. The highest BCUT2D eigenvalue weighted by Crippen LogP contribution is 2.23. The molecule has 2 N–H and O–H groups in total. The number of rotatable bonds is 7. The monoisotopic (exact) mass is 485 g/mol. The van der Waals surface area contributed by atoms with Crippen molar-refractivity contribution in [2.75, 3.05) is 16.4 Å². The number of anilines is 2. The average molecular weight is 486 g/mol. The van der Waals surface area contributed by atoms with Crippen LogP contribution in [0, 0.1) is 10.1 Å². The second-order valence-electron chi connectivity index (χ2n) is 6.13. The van der Waals surface area contributed by atoms with Crippen LogP contribution >= 0.6 is 27.7 Å². The van der Waals surface area contributed by atoms with Crippen molar-refractivity contribution in [1.29, 1.82) is 0 Å². The lowest BCUT2D eigenvalue weighted by molar-refractivity contribution is -0.384. The zero-order valence-electron chi connectivity index (χ0n) is 15.5. The second-order valence-corrected chi connectivity index (χ2v) is 8.09. The number of nitro benzene ring substituents is 1. The zero-order valence-corrected chi connectivity index (χ0v) is 17.9. The molecule has 0 spiro atoms. The fourth-order valence-corrected chi connectivity index (χ4v) is 3.50. The number of nitrogens with one attached hydrogen (secondary N) is 2. The molecule has 0 aliphatic carbocycles. The molecule has 0 heterocycles. The van der Waals surface area contributed by atoms with Crippen molar-refractivity contribution in [1.82, 2.24) is 0 Å². The molecule has 2 amide bonds. The van der Waals surface area contributed by atoms with Crippen molar-refractivity contribution in [3.63, 3.8) is 0 Å². The number of carbonyl (C=O) groups is 2. The molecule has 0 radical (unpaired) electrons. The van der Waals surface area contributed by atoms with Gasteiger partial charge in [0.25, 0.3) is 11.6 Å². The number of nitrogens with zero attached hydrogens (tertiary/aromatic N) is 1. The second kappa shape index (κ2) is 10.0. The SMILES string of the molecule is O=C(CSc1cccc(NC(=O)c2ccc([N+](=O)[O-])cc2)c1)Nc1ccc(Br)cc1. The van der Waals surface area contributed by atoms with Gasteiger partial charge in [0.15, 0.2) is 0 Å². The van der Waals surface area contributed by atoms with E-state index in [9.17, 15) is 19.7 Å². The van der Waals surface area contributed by atoms with E-state index in [1.165, 1.54) is 36.0 Å². The number of nitro groups is 1. The number of benzene rings is 3. The van der Waals surface area contributed by atoms with Crippen molar-refractivity contribution in [3.05, 3.63) is 92.9 Å². The minimum absolute atomic E-state index is 0.0774. The number of thioether (sulfide) groups is 1. The Morgan fingerprint density at radius 1 is 0.933 bits per heavy atom. The molecule has 9 heteroatoms. The van der Waals surface area contributed by atoms with Gasteiger partial charge in [-0.25, -0.2) is 0 Å². The van der Waals surface area contributed by atoms with E-state index in [2.05, 4.69) is 26.6 Å². The topological polar surface area (TPSA) is 101 Å². The lowest BCUT2D eigenvalue weighted by Crippen LogP contribution is -2.14. The Bertz CT molecular complexity index is 1070. The van der Waals surface area contributed by atoms with Gasteiger partial charge < -0.3 is 10.6 Å². The first kappa shape index (κ1) is 21.5. The van der Waals surface area contributed by atoms with Crippen LogP contribution in [0.15, 0.2) is 82.2 Å². The summed E-state index contributed by atoms with van der Waals surface area (Å²) in [6.45, 7) is 0. The van der Waals surface area contributed by atoms with Crippen molar-refractivity contribution < 1.29 is 14.5 Å². The lowest BCUT2D eigenvalue weighted by Gasteiger charge is -2.08. The molecule has 7 nitrogen and oxygen atoms in total. The van der Waals surface area contributed by atoms with Crippen LogP contribution in [0.1, 0.15) is 10.4 Å². The highest BCUT2D eigenvalue weighted by Gasteiger charge is 2.10. The number of non-ortho nitro benzene ring substituents is 1. The summed E-state index contributed by atoms with van der Waals surface area (Å²) in [5.41, 5.74) is 1.52. The van der Waals surface area contributed by atoms with E-state index in [1.54, 1.807) is 30.3 Å². The van der Waals surface area contributed by atoms with E-state index in [4.69, 9.17) is 0 Å². The van der Waals surface area contributed by atoms with Gasteiger partial charge in [-0.05, 0) is 54.6 Å². The van der Waals surface area contributed by atoms with Gasteiger partial charge in [-0.3, -0.25) is 19.7 Å². The van der Waals surface area contributed by atoms with Gasteiger partial charge >= 0.3 is 0 Å². The van der Waals surface area contributed by atoms with Gasteiger partial charge in [-0.2, -0.15) is 0 Å². The molecule has 0 aliphatic heterocycles. The molecule has 0 fully saturated rings. The fraction of sp³-hybridized carbons (Fsp3) is 0.0476. The maximum atomic E-state index is 12.3. The van der Waals surface area contributed by atoms with E-state index in [1.807, 2.05) is 18.2 Å². The molecule has 0 saturated heterocycles. The summed E-state index contributed by atoms with van der Waals surface area (Å²) in [4.78, 5) is 35.5. The van der Waals surface area contributed by atoms with Crippen molar-refractivity contribution in [2.24, 2.45) is 0 Å². The first-order chi connectivity index (χ1) is 14.4. The molecular formula is C21H16BrN3O4S. The molecule has 0 unspecified atom stereocenters. The van der Waals surface area contributed by atoms with E-state index in [-0.39, 0.29) is 23.3 Å². The number of hydrogen-bond donors (Lipinski definition) is 2. The summed E-state index contributed by atoms with van der Waals surface area (Å²) in [5, 5.41) is 16.3. The zero-order chi connectivity index (χ0) is 21.5. The van der Waals surface area contributed by atoms with Gasteiger partial charge in [-0.1, -0.05) is 22.0 Å². The standard InChI is InChI=1S/C21H16BrN3O4S/c22-15-6-8-16(9-7-15)23-20(26)13-30-19-3-1-2-17(12-19)24-21(27)14-4-10-18(11-5-14)25(28)29/h1-12H,13H2,(H,23,26)(H,24,27). The summed E-state index contributed by atoms with van der Waals surface area (Å²) < 4.78 is 0.933. The fourth-order valence-electron chi connectivity index (χ4n) is 2.48. The van der Waals surface area contributed by atoms with Crippen molar-refractivity contribution in [2.45, 2.75) is 4.90 Å². The summed E-state index contributed by atoms with van der Waals surface area (Å²) in [6, 6.07) is 19.8. The van der Waals surface area contributed by atoms with Crippen LogP contribution in [-0.4, -0.2) is 22.5 Å². The highest BCUT2D eigenvalue weighted by molar-refractivity contribution is 9.10. The minimum atomic E-state index is -0.519. The predicted octanol–water partition coefficient (Wildman–Crippen LogP) is 5.34. The Morgan fingerprint density at radius 2 is 1.63 bits per heavy atom. The number of halogens is 1. The van der Waals surface area contributed by atoms with E-state index < -0.39 is 4.92 Å². The van der Waals surface area contributed by atoms with Gasteiger partial charge in [0, 0.05) is 38.4 Å². The molecule has 3 aromatic carbocycles. The van der Waals surface area contributed by atoms with Gasteiger partial charge in [0.2, 0.25) is 5.91 Å². The number of hydrogen-bond acceptors (Lipinski definition) is 5. The molecule has 0 saturated carbocycles. The third-order valence-electron chi connectivity index (χ3n) is 3.93. The summed E-state index contributed by atoms with van der Waals surface area (Å²) in [6.07, 6.45) is 0. The third-order valence-corrected chi connectivity index (χ3v) is 5.45. The van der Waals surface area contributed by atoms with Crippen LogP contribution in [0.25, 0.3) is 0 Å². The Morgan fingerprint density at radius 3 is 2.30 bits per heavy atom. The maximum Gasteiger partial charge on any atom is 0.269 e. The van der Waals surface area contributed by atoms with Crippen LogP contribution in [0.2, 0.25) is 0 Å². The number of amides is 2. The quantitative estimate of drug-likeness (QED) is 0.267. The Kier molecular flexibility index (Phi) is 7.21. The Labute approximate surface area is 185 Å². The van der Waals surface area contributed by atoms with Crippen LogP contribution < -0.4 is 10.6 Å². The van der Waals surface area contributed by atoms with Crippen LogP contribution in [0.4, 0.5) is 17.1 Å². The molecule has 0 atom stereocenters. The van der Waals surface area contributed by atoms with Crippen LogP contribution in [-0.2, 0) is 4.79 Å². The average Bonchev–Trinajstić information content (AvgIpc) is 2.74. The van der Waals surface area contributed by atoms with Crippen molar-refractivity contribution >= 4 is 56.6 Å². The Hall–Kier alpha value is -3.17. The van der Waals surface area contributed by atoms with Gasteiger partial charge in [0.05, 0.1) is 10.7 Å². The van der Waals surface area contributed by atoms with Crippen molar-refractivity contribution in [3.8, 4) is 0 Å². The van der Waals surface area contributed by atoms with E-state index in [0.717, 1.165) is 9.37 Å². The first-order valence-electron chi connectivity index (χ1n) is 8.75. The van der Waals surface area contributed by atoms with E-state index >= 15 is 0 Å². The maximum absolute atomic E-state index is 12.3. The Balaban J connectivity index is 1.56. The van der Waals surface area contributed by atoms with Gasteiger partial charge in [-0.15, -0.1) is 11.8 Å². The summed E-state index contributed by atoms with van der Waals surface area (Å²) in [7, 11) is 0. The van der Waals surface area contributed by atoms with Crippen LogP contribution in [0.3, 0.4) is 0 Å². The molecular weight excluding hydrogens is 470 g/mol. The third kappa shape index (κ3) is 6.16. The van der Waals surface area contributed by atoms with E-state index in [0.29, 0.717) is 16.9 Å². The molecule has 3 rings (SSSR count). The lowest BCUT2D eigenvalue weighted by atomic mass is 10.2. The predicted molar refractivity (Wildman–Crippen MR) is 121 cm³/mol. The largest absolute Gasteiger partial charge is 0.325 e. The molecule has 0 bridgehead atoms.